The molecule has 6 atom stereocenters. The Labute approximate surface area is 190 Å². The molecule has 1 aromatic carbocycles. The summed E-state index contributed by atoms with van der Waals surface area (Å²) in [6.45, 7) is 8.54. The van der Waals surface area contributed by atoms with E-state index in [9.17, 15) is 0 Å². The molecule has 4 aliphatic heterocycles. The molecule has 4 saturated heterocycles. The van der Waals surface area contributed by atoms with Gasteiger partial charge in [-0.1, -0.05) is 24.3 Å². The van der Waals surface area contributed by atoms with E-state index in [1.54, 1.807) is 4.90 Å². The van der Waals surface area contributed by atoms with Crippen LogP contribution in [0.5, 0.6) is 0 Å². The lowest BCUT2D eigenvalue weighted by Gasteiger charge is -2.48. The number of rotatable bonds is 6. The van der Waals surface area contributed by atoms with Crippen molar-refractivity contribution in [2.24, 2.45) is 11.8 Å². The summed E-state index contributed by atoms with van der Waals surface area (Å²) in [7, 11) is 0. The lowest BCUT2D eigenvalue weighted by atomic mass is 9.73. The van der Waals surface area contributed by atoms with Crippen molar-refractivity contribution < 1.29 is 4.90 Å². The fourth-order valence-corrected chi connectivity index (χ4v) is 6.26. The first-order valence-corrected chi connectivity index (χ1v) is 12.2. The van der Waals surface area contributed by atoms with E-state index < -0.39 is 0 Å². The Morgan fingerprint density at radius 3 is 3.00 bits per heavy atom. The highest BCUT2D eigenvalue weighted by molar-refractivity contribution is 7.80. The molecule has 6 rings (SSSR count). The van der Waals surface area contributed by atoms with E-state index in [-0.39, 0.29) is 6.04 Å². The number of hydrogen-bond acceptors (Lipinski definition) is 3. The number of aromatic nitrogens is 1. The Morgan fingerprint density at radius 1 is 1.32 bits per heavy atom. The zero-order valence-corrected chi connectivity index (χ0v) is 19.0. The van der Waals surface area contributed by atoms with Crippen molar-refractivity contribution >= 4 is 28.2 Å². The minimum absolute atomic E-state index is 0.174. The van der Waals surface area contributed by atoms with Gasteiger partial charge in [0.15, 0.2) is 5.11 Å². The van der Waals surface area contributed by atoms with Gasteiger partial charge in [-0.05, 0) is 55.2 Å². The summed E-state index contributed by atoms with van der Waals surface area (Å²) in [4.78, 5) is 6.29. The van der Waals surface area contributed by atoms with Gasteiger partial charge in [0, 0.05) is 42.9 Å². The molecule has 4 fully saturated rings. The van der Waals surface area contributed by atoms with Gasteiger partial charge in [0.1, 0.15) is 12.1 Å². The van der Waals surface area contributed by atoms with Crippen LogP contribution in [0.4, 0.5) is 0 Å². The van der Waals surface area contributed by atoms with E-state index in [4.69, 9.17) is 12.2 Å². The molecular formula is C25H34N5S+. The Bertz CT molecular complexity index is 935. The van der Waals surface area contributed by atoms with Crippen molar-refractivity contribution in [1.82, 2.24) is 20.9 Å². The van der Waals surface area contributed by atoms with Gasteiger partial charge >= 0.3 is 0 Å². The highest BCUT2D eigenvalue weighted by atomic mass is 32.1. The third kappa shape index (κ3) is 4.34. The van der Waals surface area contributed by atoms with Crippen LogP contribution < -0.4 is 20.9 Å². The van der Waals surface area contributed by atoms with Crippen molar-refractivity contribution in [3.05, 3.63) is 54.7 Å². The molecule has 2 aromatic rings. The summed E-state index contributed by atoms with van der Waals surface area (Å²) < 4.78 is 0. The first kappa shape index (κ1) is 20.9. The van der Waals surface area contributed by atoms with Crippen LogP contribution in [0.2, 0.25) is 0 Å². The zero-order valence-electron chi connectivity index (χ0n) is 18.1. The minimum atomic E-state index is 0.174. The number of thiocarbonyl (C=S) groups is 1. The lowest BCUT2D eigenvalue weighted by molar-refractivity contribution is -0.947. The molecule has 0 saturated carbocycles. The topological polar surface area (TPSA) is 53.4 Å². The predicted molar refractivity (Wildman–Crippen MR) is 130 cm³/mol. The summed E-state index contributed by atoms with van der Waals surface area (Å²) in [5.41, 5.74) is 2.37. The van der Waals surface area contributed by atoms with Gasteiger partial charge in [0.25, 0.3) is 0 Å². The summed E-state index contributed by atoms with van der Waals surface area (Å²) >= 11 is 5.80. The van der Waals surface area contributed by atoms with Crippen LogP contribution in [0, 0.1) is 11.8 Å². The van der Waals surface area contributed by atoms with Gasteiger partial charge in [0.2, 0.25) is 0 Å². The molecule has 2 bridgehead atoms. The largest absolute Gasteiger partial charge is 0.361 e. The number of para-hydroxylation sites is 1. The van der Waals surface area contributed by atoms with Gasteiger partial charge < -0.3 is 20.9 Å². The fourth-order valence-electron chi connectivity index (χ4n) is 6.05. The molecule has 4 aliphatic rings. The van der Waals surface area contributed by atoms with E-state index in [0.717, 1.165) is 29.6 Å². The molecule has 6 heteroatoms. The predicted octanol–water partition coefficient (Wildman–Crippen LogP) is 1.97. The average Bonchev–Trinajstić information content (AvgIpc) is 3.35. The van der Waals surface area contributed by atoms with E-state index in [1.165, 1.54) is 49.7 Å². The maximum Gasteiger partial charge on any atom is 0.167 e. The van der Waals surface area contributed by atoms with Crippen molar-refractivity contribution in [2.45, 2.75) is 43.8 Å². The molecule has 1 aromatic heterocycles. The van der Waals surface area contributed by atoms with Crippen LogP contribution in [0.3, 0.4) is 0 Å². The van der Waals surface area contributed by atoms with E-state index in [0.29, 0.717) is 18.0 Å². The van der Waals surface area contributed by atoms with Crippen LogP contribution in [0.25, 0.3) is 10.9 Å². The normalized spacial score (nSPS) is 30.8. The van der Waals surface area contributed by atoms with E-state index in [1.807, 2.05) is 6.20 Å². The maximum absolute atomic E-state index is 5.80. The van der Waals surface area contributed by atoms with Gasteiger partial charge in [-0.25, -0.2) is 0 Å². The average molecular weight is 437 g/mol. The number of pyridine rings is 1. The summed E-state index contributed by atoms with van der Waals surface area (Å²) in [6, 6.07) is 11.9. The summed E-state index contributed by atoms with van der Waals surface area (Å²) in [5.74, 6) is 1.38. The molecular weight excluding hydrogens is 402 g/mol. The second-order valence-corrected chi connectivity index (χ2v) is 9.85. The van der Waals surface area contributed by atoms with Crippen molar-refractivity contribution in [1.29, 1.82) is 0 Å². The number of nitrogens with zero attached hydrogens (tertiary/aromatic N) is 1. The van der Waals surface area contributed by atoms with Gasteiger partial charge in [-0.3, -0.25) is 4.98 Å². The molecule has 5 nitrogen and oxygen atoms in total. The molecule has 4 unspecified atom stereocenters. The quantitative estimate of drug-likeness (QED) is 0.412. The van der Waals surface area contributed by atoms with Crippen molar-refractivity contribution in [3.8, 4) is 0 Å². The number of benzene rings is 1. The Morgan fingerprint density at radius 2 is 2.23 bits per heavy atom. The summed E-state index contributed by atoms with van der Waals surface area (Å²) in [5, 5.41) is 12.8. The molecule has 0 amide bonds. The highest BCUT2D eigenvalue weighted by Crippen LogP contribution is 2.34. The standard InChI is InChI=1S/C25H33N5S/c1-2-17-16-30-13-10-18(17)14-23(30)24(29-25(31)28-15-19-6-5-11-26-19)21-9-12-27-22-8-4-3-7-20(21)22/h2-4,7-9,12,17-19,23-24,26H,1,5-6,10-11,13-16H2,(H2,28,29,31)/p+1/t17?,18?,19-,23?,24-/m0/s1. The fraction of sp³-hybridized carbons (Fsp3) is 0.520. The van der Waals surface area contributed by atoms with Gasteiger partial charge in [-0.2, -0.15) is 0 Å². The highest BCUT2D eigenvalue weighted by Gasteiger charge is 2.46. The summed E-state index contributed by atoms with van der Waals surface area (Å²) in [6.07, 6.45) is 9.13. The molecule has 4 N–H and O–H groups in total. The monoisotopic (exact) mass is 436 g/mol. The number of piperidine rings is 3. The van der Waals surface area contributed by atoms with E-state index in [2.05, 4.69) is 63.9 Å². The van der Waals surface area contributed by atoms with Crippen molar-refractivity contribution in [3.63, 3.8) is 0 Å². The van der Waals surface area contributed by atoms with Crippen LogP contribution in [-0.2, 0) is 0 Å². The lowest BCUT2D eigenvalue weighted by Crippen LogP contribution is -3.20. The third-order valence-corrected chi connectivity index (χ3v) is 7.96. The number of quaternary nitrogens is 1. The van der Waals surface area contributed by atoms with Crippen LogP contribution in [0.15, 0.2) is 49.2 Å². The molecule has 164 valence electrons. The second kappa shape index (κ2) is 9.23. The number of hydrogen-bond donors (Lipinski definition) is 4. The van der Waals surface area contributed by atoms with Crippen molar-refractivity contribution in [2.75, 3.05) is 26.2 Å². The Hall–Kier alpha value is -2.02. The van der Waals surface area contributed by atoms with Crippen LogP contribution in [-0.4, -0.2) is 48.4 Å². The molecule has 0 aliphatic carbocycles. The first-order chi connectivity index (χ1) is 15.2. The number of nitrogens with one attached hydrogen (secondary N) is 4. The Balaban J connectivity index is 1.41. The zero-order chi connectivity index (χ0) is 21.2. The van der Waals surface area contributed by atoms with E-state index >= 15 is 0 Å². The molecule has 31 heavy (non-hydrogen) atoms. The SMILES string of the molecule is C=CC1C[NH+]2CCC1CC2[C@@H](NC(=S)NC[C@@H]1CCCN1)c1ccnc2ccccc12. The Kier molecular flexibility index (Phi) is 6.21. The smallest absolute Gasteiger partial charge is 0.167 e. The molecule has 0 radical (unpaired) electrons. The number of fused-ring (bicyclic) bond motifs is 4. The van der Waals surface area contributed by atoms with Gasteiger partial charge in [-0.15, -0.1) is 6.58 Å². The third-order valence-electron chi connectivity index (χ3n) is 7.70. The van der Waals surface area contributed by atoms with Crippen LogP contribution in [0.1, 0.15) is 37.3 Å². The van der Waals surface area contributed by atoms with Crippen LogP contribution >= 0.6 is 12.2 Å². The molecule has 0 spiro atoms. The van der Waals surface area contributed by atoms with Gasteiger partial charge in [0.05, 0.1) is 18.6 Å². The maximum atomic E-state index is 5.80. The first-order valence-electron chi connectivity index (χ1n) is 11.8. The second-order valence-electron chi connectivity index (χ2n) is 9.45. The minimum Gasteiger partial charge on any atom is -0.361 e. The molecule has 5 heterocycles.